The van der Waals surface area contributed by atoms with E-state index in [2.05, 4.69) is 0 Å². The quantitative estimate of drug-likeness (QED) is 0.378. The van der Waals surface area contributed by atoms with Gasteiger partial charge >= 0.3 is 5.97 Å². The number of carbonyl (C=O) groups excluding carboxylic acids is 2. The number of anilines is 1. The van der Waals surface area contributed by atoms with Gasteiger partial charge in [-0.1, -0.05) is 48.0 Å². The number of ether oxygens (including phenoxy) is 2. The maximum absolute atomic E-state index is 13.7. The average Bonchev–Trinajstić information content (AvgIpc) is 3.27. The Hall–Kier alpha value is -3.82. The van der Waals surface area contributed by atoms with Gasteiger partial charge in [-0.2, -0.15) is 0 Å². The lowest BCUT2D eigenvalue weighted by molar-refractivity contribution is 0.0602. The number of esters is 1. The number of halogens is 1. The molecular formula is C25H19ClN2O6S. The maximum Gasteiger partial charge on any atom is 0.340 e. The molecule has 178 valence electrons. The molecule has 8 nitrogen and oxygen atoms in total. The third-order valence-electron chi connectivity index (χ3n) is 5.75. The van der Waals surface area contributed by atoms with E-state index in [-0.39, 0.29) is 28.4 Å². The summed E-state index contributed by atoms with van der Waals surface area (Å²) in [5.41, 5.74) is 0.923. The zero-order chi connectivity index (χ0) is 24.7. The van der Waals surface area contributed by atoms with Crippen molar-refractivity contribution in [2.45, 2.75) is 11.0 Å². The summed E-state index contributed by atoms with van der Waals surface area (Å²) in [6.45, 7) is -0.288. The summed E-state index contributed by atoms with van der Waals surface area (Å²) in [7, 11) is -2.78. The maximum atomic E-state index is 13.7. The van der Waals surface area contributed by atoms with Crippen LogP contribution in [-0.2, 0) is 14.8 Å². The SMILES string of the molecule is COC(=O)c1cn(C(=O)[C@H]2CN(S(=O)(=O)c3ccccc3)c3cc(Cl)ccc3O2)c2ccccc12. The van der Waals surface area contributed by atoms with Crippen molar-refractivity contribution in [3.05, 3.63) is 89.6 Å². The van der Waals surface area contributed by atoms with E-state index in [0.29, 0.717) is 15.9 Å². The van der Waals surface area contributed by atoms with Gasteiger partial charge < -0.3 is 9.47 Å². The second-order valence-electron chi connectivity index (χ2n) is 7.83. The van der Waals surface area contributed by atoms with Crippen molar-refractivity contribution in [3.63, 3.8) is 0 Å². The molecular weight excluding hydrogens is 492 g/mol. The Labute approximate surface area is 206 Å². The van der Waals surface area contributed by atoms with Gasteiger partial charge in [-0.15, -0.1) is 0 Å². The molecule has 0 saturated carbocycles. The lowest BCUT2D eigenvalue weighted by Crippen LogP contribution is -2.48. The van der Waals surface area contributed by atoms with Crippen LogP contribution in [0.2, 0.25) is 5.02 Å². The number of carbonyl (C=O) groups is 2. The Balaban J connectivity index is 1.60. The van der Waals surface area contributed by atoms with Crippen molar-refractivity contribution in [2.75, 3.05) is 18.0 Å². The van der Waals surface area contributed by atoms with E-state index in [1.165, 1.54) is 42.1 Å². The van der Waals surface area contributed by atoms with Crippen LogP contribution in [0.1, 0.15) is 15.2 Å². The van der Waals surface area contributed by atoms with E-state index >= 15 is 0 Å². The molecule has 35 heavy (non-hydrogen) atoms. The minimum atomic E-state index is -4.04. The summed E-state index contributed by atoms with van der Waals surface area (Å²) in [6.07, 6.45) is 0.193. The second kappa shape index (κ2) is 8.75. The topological polar surface area (TPSA) is 94.9 Å². The molecule has 0 unspecified atom stereocenters. The van der Waals surface area contributed by atoms with Crippen LogP contribution in [0.25, 0.3) is 10.9 Å². The molecule has 5 rings (SSSR count). The summed E-state index contributed by atoms with van der Waals surface area (Å²) in [6, 6.07) is 19.4. The van der Waals surface area contributed by atoms with Crippen LogP contribution in [0.15, 0.2) is 83.9 Å². The third kappa shape index (κ3) is 3.92. The van der Waals surface area contributed by atoms with Crippen LogP contribution < -0.4 is 9.04 Å². The molecule has 1 aliphatic rings. The molecule has 0 N–H and O–H groups in total. The van der Waals surface area contributed by atoms with Crippen molar-refractivity contribution in [3.8, 4) is 5.75 Å². The monoisotopic (exact) mass is 510 g/mol. The number of hydrogen-bond acceptors (Lipinski definition) is 6. The average molecular weight is 511 g/mol. The highest BCUT2D eigenvalue weighted by Gasteiger charge is 2.38. The van der Waals surface area contributed by atoms with Gasteiger partial charge in [-0.3, -0.25) is 13.7 Å². The Morgan fingerprint density at radius 3 is 2.49 bits per heavy atom. The van der Waals surface area contributed by atoms with Gasteiger partial charge in [0.25, 0.3) is 15.9 Å². The summed E-state index contributed by atoms with van der Waals surface area (Å²) in [4.78, 5) is 26.0. The number of hydrogen-bond donors (Lipinski definition) is 0. The van der Waals surface area contributed by atoms with E-state index in [1.807, 2.05) is 0 Å². The Kier molecular flexibility index (Phi) is 5.74. The molecule has 3 aromatic carbocycles. The standard InChI is InChI=1S/C25H19ClN2O6S/c1-33-25(30)19-14-27(20-10-6-5-9-18(19)20)24(29)23-15-28(21-13-16(26)11-12-22(21)34-23)35(31,32)17-7-3-2-4-8-17/h2-14,23H,15H2,1H3/t23-/m1/s1. The van der Waals surface area contributed by atoms with Crippen LogP contribution in [0.3, 0.4) is 0 Å². The van der Waals surface area contributed by atoms with Gasteiger partial charge in [0, 0.05) is 16.6 Å². The van der Waals surface area contributed by atoms with Gasteiger partial charge in [-0.25, -0.2) is 13.2 Å². The first kappa shape index (κ1) is 22.9. The molecule has 4 aromatic rings. The van der Waals surface area contributed by atoms with Crippen molar-refractivity contribution in [1.29, 1.82) is 0 Å². The first-order valence-corrected chi connectivity index (χ1v) is 12.4. The zero-order valence-corrected chi connectivity index (χ0v) is 20.0. The van der Waals surface area contributed by atoms with E-state index in [4.69, 9.17) is 21.1 Å². The van der Waals surface area contributed by atoms with E-state index in [0.717, 1.165) is 4.31 Å². The fraction of sp³-hybridized carbons (Fsp3) is 0.120. The normalized spacial score (nSPS) is 15.4. The van der Waals surface area contributed by atoms with Crippen LogP contribution in [-0.4, -0.2) is 44.6 Å². The Morgan fingerprint density at radius 1 is 1.03 bits per heavy atom. The molecule has 1 aromatic heterocycles. The number of para-hydroxylation sites is 1. The summed E-state index contributed by atoms with van der Waals surface area (Å²) in [5, 5.41) is 0.856. The highest BCUT2D eigenvalue weighted by Crippen LogP contribution is 2.39. The zero-order valence-electron chi connectivity index (χ0n) is 18.4. The largest absolute Gasteiger partial charge is 0.476 e. The lowest BCUT2D eigenvalue weighted by Gasteiger charge is -2.35. The van der Waals surface area contributed by atoms with Crippen molar-refractivity contribution >= 4 is 50.1 Å². The molecule has 1 aliphatic heterocycles. The summed E-state index contributed by atoms with van der Waals surface area (Å²) in [5.74, 6) is -0.932. The molecule has 10 heteroatoms. The number of methoxy groups -OCH3 is 1. The van der Waals surface area contributed by atoms with Gasteiger partial charge in [0.2, 0.25) is 0 Å². The number of aromatic nitrogens is 1. The molecule has 0 amide bonds. The Bertz CT molecular complexity index is 1570. The number of rotatable bonds is 4. The Morgan fingerprint density at radius 2 is 1.74 bits per heavy atom. The lowest BCUT2D eigenvalue weighted by atomic mass is 10.2. The van der Waals surface area contributed by atoms with Crippen LogP contribution in [0.5, 0.6) is 5.75 Å². The molecule has 1 atom stereocenters. The van der Waals surface area contributed by atoms with Crippen LogP contribution in [0.4, 0.5) is 5.69 Å². The number of sulfonamides is 1. The molecule has 0 fully saturated rings. The van der Waals surface area contributed by atoms with E-state index in [9.17, 15) is 18.0 Å². The summed E-state index contributed by atoms with van der Waals surface area (Å²) >= 11 is 6.15. The molecule has 0 spiro atoms. The summed E-state index contributed by atoms with van der Waals surface area (Å²) < 4.78 is 40.4. The number of fused-ring (bicyclic) bond motifs is 2. The van der Waals surface area contributed by atoms with Crippen molar-refractivity contribution < 1.29 is 27.5 Å². The number of nitrogens with zero attached hydrogens (tertiary/aromatic N) is 2. The molecule has 0 bridgehead atoms. The first-order chi connectivity index (χ1) is 16.8. The van der Waals surface area contributed by atoms with Crippen molar-refractivity contribution in [2.24, 2.45) is 0 Å². The second-order valence-corrected chi connectivity index (χ2v) is 10.1. The minimum Gasteiger partial charge on any atom is -0.476 e. The van der Waals surface area contributed by atoms with E-state index in [1.54, 1.807) is 48.5 Å². The number of benzene rings is 3. The molecule has 0 aliphatic carbocycles. The smallest absolute Gasteiger partial charge is 0.340 e. The first-order valence-electron chi connectivity index (χ1n) is 10.6. The van der Waals surface area contributed by atoms with Gasteiger partial charge in [0.05, 0.1) is 35.3 Å². The van der Waals surface area contributed by atoms with E-state index < -0.39 is 28.0 Å². The molecule has 2 heterocycles. The highest BCUT2D eigenvalue weighted by atomic mass is 35.5. The van der Waals surface area contributed by atoms with Crippen LogP contribution in [0, 0.1) is 0 Å². The third-order valence-corrected chi connectivity index (χ3v) is 7.78. The van der Waals surface area contributed by atoms with Gasteiger partial charge in [0.15, 0.2) is 6.10 Å². The minimum absolute atomic E-state index is 0.0680. The predicted octanol–water partition coefficient (Wildman–Crippen LogP) is 4.38. The van der Waals surface area contributed by atoms with Crippen LogP contribution >= 0.6 is 11.6 Å². The fourth-order valence-corrected chi connectivity index (χ4v) is 5.75. The fourth-order valence-electron chi connectivity index (χ4n) is 4.09. The molecule has 0 radical (unpaired) electrons. The van der Waals surface area contributed by atoms with Gasteiger partial charge in [0.1, 0.15) is 5.75 Å². The highest BCUT2D eigenvalue weighted by molar-refractivity contribution is 7.92. The van der Waals surface area contributed by atoms with Gasteiger partial charge in [-0.05, 0) is 36.4 Å². The van der Waals surface area contributed by atoms with Crippen molar-refractivity contribution in [1.82, 2.24) is 4.57 Å². The predicted molar refractivity (Wildman–Crippen MR) is 131 cm³/mol. The molecule has 0 saturated heterocycles.